The predicted molar refractivity (Wildman–Crippen MR) is 101 cm³/mol. The Balaban J connectivity index is 1.63. The van der Waals surface area contributed by atoms with E-state index in [2.05, 4.69) is 4.90 Å². The molecule has 0 aromatic heterocycles. The van der Waals surface area contributed by atoms with Crippen LogP contribution in [0.2, 0.25) is 0 Å². The maximum atomic E-state index is 12.5. The maximum Gasteiger partial charge on any atom is 0.253 e. The molecular formula is C21H24N2O3. The summed E-state index contributed by atoms with van der Waals surface area (Å²) in [6, 6.07) is 14.9. The van der Waals surface area contributed by atoms with Crippen molar-refractivity contribution >= 4 is 11.7 Å². The van der Waals surface area contributed by atoms with Gasteiger partial charge in [-0.05, 0) is 37.3 Å². The van der Waals surface area contributed by atoms with E-state index in [9.17, 15) is 9.59 Å². The largest absolute Gasteiger partial charge is 0.496 e. The molecule has 0 radical (unpaired) electrons. The Morgan fingerprint density at radius 1 is 0.962 bits per heavy atom. The van der Waals surface area contributed by atoms with Gasteiger partial charge in [0.1, 0.15) is 5.75 Å². The van der Waals surface area contributed by atoms with Crippen LogP contribution in [0.25, 0.3) is 0 Å². The van der Waals surface area contributed by atoms with Gasteiger partial charge in [0.25, 0.3) is 5.91 Å². The van der Waals surface area contributed by atoms with Crippen molar-refractivity contribution < 1.29 is 14.3 Å². The van der Waals surface area contributed by atoms with Crippen LogP contribution in [0.1, 0.15) is 33.2 Å². The summed E-state index contributed by atoms with van der Waals surface area (Å²) in [4.78, 5) is 28.4. The maximum absolute atomic E-state index is 12.5. The minimum absolute atomic E-state index is 0.0483. The van der Waals surface area contributed by atoms with Crippen molar-refractivity contribution in [2.24, 2.45) is 0 Å². The quantitative estimate of drug-likeness (QED) is 0.777. The highest BCUT2D eigenvalue weighted by Crippen LogP contribution is 2.23. The van der Waals surface area contributed by atoms with E-state index >= 15 is 0 Å². The fourth-order valence-corrected chi connectivity index (χ4v) is 3.23. The van der Waals surface area contributed by atoms with Crippen molar-refractivity contribution in [2.45, 2.75) is 13.5 Å². The van der Waals surface area contributed by atoms with Crippen LogP contribution < -0.4 is 4.74 Å². The lowest BCUT2D eigenvalue weighted by Gasteiger charge is -2.35. The molecule has 1 aliphatic heterocycles. The highest BCUT2D eigenvalue weighted by Gasteiger charge is 2.22. The van der Waals surface area contributed by atoms with Crippen molar-refractivity contribution in [3.8, 4) is 5.75 Å². The van der Waals surface area contributed by atoms with Gasteiger partial charge in [0.15, 0.2) is 5.78 Å². The number of rotatable bonds is 5. The van der Waals surface area contributed by atoms with Gasteiger partial charge in [0.2, 0.25) is 0 Å². The fourth-order valence-electron chi connectivity index (χ4n) is 3.23. The Morgan fingerprint density at radius 3 is 2.27 bits per heavy atom. The Labute approximate surface area is 154 Å². The molecule has 1 heterocycles. The van der Waals surface area contributed by atoms with Gasteiger partial charge in [-0.3, -0.25) is 14.5 Å². The van der Waals surface area contributed by atoms with Crippen LogP contribution in [0.3, 0.4) is 0 Å². The molecule has 1 amide bonds. The predicted octanol–water partition coefficient (Wildman–Crippen LogP) is 2.86. The first-order valence-electron chi connectivity index (χ1n) is 8.83. The molecule has 0 N–H and O–H groups in total. The van der Waals surface area contributed by atoms with Gasteiger partial charge in [-0.25, -0.2) is 0 Å². The number of nitrogens with zero attached hydrogens (tertiary/aromatic N) is 2. The minimum atomic E-state index is 0.0483. The van der Waals surface area contributed by atoms with Crippen molar-refractivity contribution in [3.05, 3.63) is 65.2 Å². The second-order valence-corrected chi connectivity index (χ2v) is 6.52. The standard InChI is InChI=1S/C21H24N2O3/c1-16(24)18-8-9-20(26-2)19(14-18)15-22-10-12-23(13-11-22)21(25)17-6-4-3-5-7-17/h3-9,14H,10-13,15H2,1-2H3. The Bertz CT molecular complexity index is 781. The molecule has 1 fully saturated rings. The second kappa shape index (κ2) is 8.15. The first-order valence-corrected chi connectivity index (χ1v) is 8.83. The summed E-state index contributed by atoms with van der Waals surface area (Å²) in [7, 11) is 1.64. The van der Waals surface area contributed by atoms with Crippen molar-refractivity contribution in [1.29, 1.82) is 0 Å². The molecule has 0 saturated carbocycles. The molecule has 3 rings (SSSR count). The summed E-state index contributed by atoms with van der Waals surface area (Å²) in [6.45, 7) is 5.26. The summed E-state index contributed by atoms with van der Waals surface area (Å²) in [5.74, 6) is 0.923. The van der Waals surface area contributed by atoms with Crippen LogP contribution in [-0.4, -0.2) is 54.8 Å². The molecule has 1 aliphatic rings. The molecule has 136 valence electrons. The lowest BCUT2D eigenvalue weighted by molar-refractivity contribution is 0.0627. The van der Waals surface area contributed by atoms with Crippen molar-refractivity contribution in [1.82, 2.24) is 9.80 Å². The molecule has 2 aromatic rings. The number of hydrogen-bond donors (Lipinski definition) is 0. The van der Waals surface area contributed by atoms with E-state index in [4.69, 9.17) is 4.74 Å². The number of ether oxygens (including phenoxy) is 1. The average Bonchev–Trinajstić information content (AvgIpc) is 2.68. The highest BCUT2D eigenvalue weighted by molar-refractivity contribution is 5.94. The summed E-state index contributed by atoms with van der Waals surface area (Å²) in [6.07, 6.45) is 0. The van der Waals surface area contributed by atoms with Gasteiger partial charge in [-0.2, -0.15) is 0 Å². The van der Waals surface area contributed by atoms with Crippen LogP contribution in [-0.2, 0) is 6.54 Å². The van der Waals surface area contributed by atoms with E-state index < -0.39 is 0 Å². The van der Waals surface area contributed by atoms with Gasteiger partial charge in [-0.1, -0.05) is 18.2 Å². The van der Waals surface area contributed by atoms with Crippen LogP contribution >= 0.6 is 0 Å². The molecular weight excluding hydrogens is 328 g/mol. The third-order valence-corrected chi connectivity index (χ3v) is 4.76. The Kier molecular flexibility index (Phi) is 5.68. The summed E-state index contributed by atoms with van der Waals surface area (Å²) in [5, 5.41) is 0. The normalized spacial score (nSPS) is 14.9. The van der Waals surface area contributed by atoms with Gasteiger partial charge < -0.3 is 9.64 Å². The average molecular weight is 352 g/mol. The first kappa shape index (κ1) is 18.1. The molecule has 26 heavy (non-hydrogen) atoms. The molecule has 0 spiro atoms. The fraction of sp³-hybridized carbons (Fsp3) is 0.333. The molecule has 5 nitrogen and oxygen atoms in total. The molecule has 0 bridgehead atoms. The number of ketones is 1. The highest BCUT2D eigenvalue weighted by atomic mass is 16.5. The van der Waals surface area contributed by atoms with Crippen LogP contribution in [0, 0.1) is 0 Å². The van der Waals surface area contributed by atoms with E-state index in [1.54, 1.807) is 20.1 Å². The van der Waals surface area contributed by atoms with Gasteiger partial charge >= 0.3 is 0 Å². The molecule has 5 heteroatoms. The van der Waals surface area contributed by atoms with Gasteiger partial charge in [-0.15, -0.1) is 0 Å². The van der Waals surface area contributed by atoms with E-state index in [1.807, 2.05) is 47.4 Å². The van der Waals surface area contributed by atoms with Gasteiger partial charge in [0, 0.05) is 49.4 Å². The minimum Gasteiger partial charge on any atom is -0.496 e. The second-order valence-electron chi connectivity index (χ2n) is 6.52. The molecule has 1 saturated heterocycles. The van der Waals surface area contributed by atoms with Gasteiger partial charge in [0.05, 0.1) is 7.11 Å². The number of hydrogen-bond acceptors (Lipinski definition) is 4. The third kappa shape index (κ3) is 4.11. The smallest absolute Gasteiger partial charge is 0.253 e. The van der Waals surface area contributed by atoms with Crippen LogP contribution in [0.5, 0.6) is 5.75 Å². The number of piperazine rings is 1. The summed E-state index contributed by atoms with van der Waals surface area (Å²) < 4.78 is 5.44. The zero-order chi connectivity index (χ0) is 18.5. The van der Waals surface area contributed by atoms with E-state index in [0.717, 1.165) is 30.0 Å². The molecule has 2 aromatic carbocycles. The van der Waals surface area contributed by atoms with E-state index in [1.165, 1.54) is 0 Å². The first-order chi connectivity index (χ1) is 12.6. The zero-order valence-electron chi connectivity index (χ0n) is 15.3. The van der Waals surface area contributed by atoms with E-state index in [-0.39, 0.29) is 11.7 Å². The molecule has 0 aliphatic carbocycles. The number of benzene rings is 2. The SMILES string of the molecule is COc1ccc(C(C)=O)cc1CN1CCN(C(=O)c2ccccc2)CC1. The topological polar surface area (TPSA) is 49.9 Å². The van der Waals surface area contributed by atoms with E-state index in [0.29, 0.717) is 25.2 Å². The van der Waals surface area contributed by atoms with Crippen LogP contribution in [0.4, 0.5) is 0 Å². The van der Waals surface area contributed by atoms with Crippen LogP contribution in [0.15, 0.2) is 48.5 Å². The number of methoxy groups -OCH3 is 1. The Morgan fingerprint density at radius 2 is 1.65 bits per heavy atom. The Hall–Kier alpha value is -2.66. The number of amides is 1. The zero-order valence-corrected chi connectivity index (χ0v) is 15.3. The summed E-state index contributed by atoms with van der Waals surface area (Å²) in [5.41, 5.74) is 2.43. The number of carbonyl (C=O) groups excluding carboxylic acids is 2. The molecule has 0 atom stereocenters. The van der Waals surface area contributed by atoms with Crippen molar-refractivity contribution in [2.75, 3.05) is 33.3 Å². The summed E-state index contributed by atoms with van der Waals surface area (Å²) >= 11 is 0. The number of carbonyl (C=O) groups is 2. The van der Waals surface area contributed by atoms with Crippen molar-refractivity contribution in [3.63, 3.8) is 0 Å². The third-order valence-electron chi connectivity index (χ3n) is 4.76. The number of Topliss-reactive ketones (excluding diaryl/α,β-unsaturated/α-hetero) is 1. The lowest BCUT2D eigenvalue weighted by Crippen LogP contribution is -2.48. The lowest BCUT2D eigenvalue weighted by atomic mass is 10.1. The monoisotopic (exact) mass is 352 g/mol. The molecule has 0 unspecified atom stereocenters.